The molecule has 1 aromatic heterocycles. The van der Waals surface area contributed by atoms with Gasteiger partial charge in [0.15, 0.2) is 0 Å². The molecule has 0 bridgehead atoms. The Hall–Kier alpha value is -1.91. The lowest BCUT2D eigenvalue weighted by atomic mass is 10.2. The van der Waals surface area contributed by atoms with Crippen molar-refractivity contribution in [3.05, 3.63) is 30.1 Å². The fourth-order valence-electron chi connectivity index (χ4n) is 1.28. The molecule has 2 aromatic rings. The summed E-state index contributed by atoms with van der Waals surface area (Å²) in [5.74, 6) is 0.863. The lowest BCUT2D eigenvalue weighted by molar-refractivity contribution is 0.411. The van der Waals surface area contributed by atoms with E-state index in [9.17, 15) is 0 Å². The van der Waals surface area contributed by atoms with Crippen molar-refractivity contribution in [3.63, 3.8) is 0 Å². The van der Waals surface area contributed by atoms with E-state index < -0.39 is 0 Å². The van der Waals surface area contributed by atoms with Crippen LogP contribution in [-0.2, 0) is 0 Å². The summed E-state index contributed by atoms with van der Waals surface area (Å²) in [4.78, 5) is 0. The second-order valence-corrected chi connectivity index (χ2v) is 2.91. The van der Waals surface area contributed by atoms with Crippen LogP contribution in [0, 0.1) is 6.92 Å². The summed E-state index contributed by atoms with van der Waals surface area (Å²) in [6.45, 7) is 1.98. The van der Waals surface area contributed by atoms with Gasteiger partial charge in [0.25, 0.3) is 0 Å². The first kappa shape index (κ1) is 8.68. The van der Waals surface area contributed by atoms with Gasteiger partial charge in [-0.25, -0.2) is 4.68 Å². The van der Waals surface area contributed by atoms with Crippen molar-refractivity contribution in [2.24, 2.45) is 0 Å². The molecular formula is C9H10N4O. The van der Waals surface area contributed by atoms with Gasteiger partial charge in [0.2, 0.25) is 0 Å². The quantitative estimate of drug-likeness (QED) is 0.708. The van der Waals surface area contributed by atoms with Crippen LogP contribution in [0.1, 0.15) is 5.56 Å². The van der Waals surface area contributed by atoms with E-state index in [1.54, 1.807) is 18.1 Å². The lowest BCUT2D eigenvalue weighted by Crippen LogP contribution is -1.96. The second kappa shape index (κ2) is 3.45. The van der Waals surface area contributed by atoms with Crippen LogP contribution in [0.2, 0.25) is 0 Å². The summed E-state index contributed by atoms with van der Waals surface area (Å²) in [5.41, 5.74) is 1.98. The number of aryl methyl sites for hydroxylation is 1. The zero-order chi connectivity index (χ0) is 9.97. The normalized spacial score (nSPS) is 10.1. The fraction of sp³-hybridized carbons (Fsp3) is 0.222. The average molecular weight is 190 g/mol. The number of benzene rings is 1. The molecule has 0 unspecified atom stereocenters. The molecule has 5 nitrogen and oxygen atoms in total. The molecule has 2 rings (SSSR count). The highest BCUT2D eigenvalue weighted by molar-refractivity contribution is 5.42. The van der Waals surface area contributed by atoms with Crippen molar-refractivity contribution in [1.29, 1.82) is 0 Å². The minimum atomic E-state index is 0.863. The van der Waals surface area contributed by atoms with E-state index in [1.807, 2.05) is 25.1 Å². The van der Waals surface area contributed by atoms with Gasteiger partial charge in [0.05, 0.1) is 12.8 Å². The summed E-state index contributed by atoms with van der Waals surface area (Å²) < 4.78 is 6.76. The average Bonchev–Trinajstić information content (AvgIpc) is 2.70. The Morgan fingerprint density at radius 2 is 2.21 bits per heavy atom. The smallest absolute Gasteiger partial charge is 0.143 e. The van der Waals surface area contributed by atoms with Gasteiger partial charge >= 0.3 is 0 Å². The third-order valence-electron chi connectivity index (χ3n) is 1.99. The van der Waals surface area contributed by atoms with Gasteiger partial charge in [-0.2, -0.15) is 0 Å². The van der Waals surface area contributed by atoms with Gasteiger partial charge in [0, 0.05) is 0 Å². The molecular weight excluding hydrogens is 180 g/mol. The molecule has 0 radical (unpaired) electrons. The third-order valence-corrected chi connectivity index (χ3v) is 1.99. The Morgan fingerprint density at radius 3 is 2.79 bits per heavy atom. The molecule has 0 saturated heterocycles. The van der Waals surface area contributed by atoms with Crippen LogP contribution in [0.4, 0.5) is 0 Å². The van der Waals surface area contributed by atoms with Gasteiger partial charge in [-0.15, -0.1) is 5.10 Å². The monoisotopic (exact) mass is 190 g/mol. The Labute approximate surface area is 81.3 Å². The maximum absolute atomic E-state index is 5.16. The van der Waals surface area contributed by atoms with Crippen LogP contribution in [0.5, 0.6) is 5.75 Å². The molecule has 0 aliphatic heterocycles. The molecule has 14 heavy (non-hydrogen) atoms. The molecule has 1 aromatic carbocycles. The molecule has 0 amide bonds. The van der Waals surface area contributed by atoms with Gasteiger partial charge in [-0.05, 0) is 41.1 Å². The van der Waals surface area contributed by atoms with E-state index in [1.165, 1.54) is 0 Å². The summed E-state index contributed by atoms with van der Waals surface area (Å²) in [6, 6.07) is 5.77. The maximum Gasteiger partial charge on any atom is 0.143 e. The van der Waals surface area contributed by atoms with Crippen molar-refractivity contribution >= 4 is 0 Å². The maximum atomic E-state index is 5.16. The largest absolute Gasteiger partial charge is 0.496 e. The summed E-state index contributed by atoms with van der Waals surface area (Å²) in [7, 11) is 1.65. The molecule has 1 heterocycles. The summed E-state index contributed by atoms with van der Waals surface area (Å²) >= 11 is 0. The van der Waals surface area contributed by atoms with Crippen molar-refractivity contribution in [3.8, 4) is 11.4 Å². The Bertz CT molecular complexity index is 424. The predicted molar refractivity (Wildman–Crippen MR) is 50.4 cm³/mol. The van der Waals surface area contributed by atoms with E-state index in [2.05, 4.69) is 15.5 Å². The number of rotatable bonds is 2. The van der Waals surface area contributed by atoms with Gasteiger partial charge in [0.1, 0.15) is 12.1 Å². The number of tetrazole rings is 1. The molecule has 0 spiro atoms. The van der Waals surface area contributed by atoms with Gasteiger partial charge in [-0.3, -0.25) is 0 Å². The zero-order valence-corrected chi connectivity index (χ0v) is 8.01. The first-order valence-corrected chi connectivity index (χ1v) is 4.19. The summed E-state index contributed by atoms with van der Waals surface area (Å²) in [5, 5.41) is 10.9. The topological polar surface area (TPSA) is 52.8 Å². The van der Waals surface area contributed by atoms with Gasteiger partial charge < -0.3 is 4.74 Å². The number of ether oxygens (including phenoxy) is 1. The Kier molecular flexibility index (Phi) is 2.14. The van der Waals surface area contributed by atoms with E-state index in [0.29, 0.717) is 0 Å². The van der Waals surface area contributed by atoms with Crippen LogP contribution in [0.15, 0.2) is 24.5 Å². The van der Waals surface area contributed by atoms with Crippen molar-refractivity contribution in [2.75, 3.05) is 7.11 Å². The molecule has 0 atom stereocenters. The molecule has 0 aliphatic carbocycles. The lowest BCUT2D eigenvalue weighted by Gasteiger charge is -2.05. The van der Waals surface area contributed by atoms with Crippen LogP contribution in [-0.4, -0.2) is 27.3 Å². The Balaban J connectivity index is 2.43. The molecule has 5 heteroatoms. The first-order chi connectivity index (χ1) is 6.81. The summed E-state index contributed by atoms with van der Waals surface area (Å²) in [6.07, 6.45) is 1.56. The Morgan fingerprint density at radius 1 is 1.36 bits per heavy atom. The van der Waals surface area contributed by atoms with Crippen LogP contribution >= 0.6 is 0 Å². The molecule has 0 fully saturated rings. The van der Waals surface area contributed by atoms with Crippen molar-refractivity contribution < 1.29 is 4.74 Å². The standard InChI is InChI=1S/C9H10N4O/c1-7-5-8(3-4-9(7)14-2)13-6-10-11-12-13/h3-6H,1-2H3. The van der Waals surface area contributed by atoms with Crippen molar-refractivity contribution in [2.45, 2.75) is 6.92 Å². The van der Waals surface area contributed by atoms with Crippen LogP contribution in [0.3, 0.4) is 0 Å². The van der Waals surface area contributed by atoms with Crippen LogP contribution < -0.4 is 4.74 Å². The predicted octanol–water partition coefficient (Wildman–Crippen LogP) is 0.979. The number of methoxy groups -OCH3 is 1. The second-order valence-electron chi connectivity index (χ2n) is 2.91. The molecule has 0 aliphatic rings. The van der Waals surface area contributed by atoms with Gasteiger partial charge in [-0.1, -0.05) is 0 Å². The van der Waals surface area contributed by atoms with E-state index in [-0.39, 0.29) is 0 Å². The number of hydrogen-bond acceptors (Lipinski definition) is 4. The first-order valence-electron chi connectivity index (χ1n) is 4.19. The molecule has 0 N–H and O–H groups in total. The number of nitrogens with zero attached hydrogens (tertiary/aromatic N) is 4. The number of aromatic nitrogens is 4. The molecule has 72 valence electrons. The zero-order valence-electron chi connectivity index (χ0n) is 8.01. The van der Waals surface area contributed by atoms with Crippen LogP contribution in [0.25, 0.3) is 5.69 Å². The highest BCUT2D eigenvalue weighted by Crippen LogP contribution is 2.19. The third kappa shape index (κ3) is 1.44. The highest BCUT2D eigenvalue weighted by Gasteiger charge is 2.01. The van der Waals surface area contributed by atoms with Crippen molar-refractivity contribution in [1.82, 2.24) is 20.2 Å². The van der Waals surface area contributed by atoms with E-state index in [4.69, 9.17) is 4.74 Å². The SMILES string of the molecule is COc1ccc(-n2cnnn2)cc1C. The minimum Gasteiger partial charge on any atom is -0.496 e. The highest BCUT2D eigenvalue weighted by atomic mass is 16.5. The molecule has 0 saturated carbocycles. The number of hydrogen-bond donors (Lipinski definition) is 0. The minimum absolute atomic E-state index is 0.863. The van der Waals surface area contributed by atoms with E-state index in [0.717, 1.165) is 17.0 Å². The fourth-order valence-corrected chi connectivity index (χ4v) is 1.28. The van der Waals surface area contributed by atoms with E-state index >= 15 is 0 Å².